The van der Waals surface area contributed by atoms with E-state index in [0.717, 1.165) is 11.4 Å². The average Bonchev–Trinajstić information content (AvgIpc) is 2.17. The number of rotatable bonds is 3. The van der Waals surface area contributed by atoms with Crippen LogP contribution in [0.5, 0.6) is 5.75 Å². The summed E-state index contributed by atoms with van der Waals surface area (Å²) in [4.78, 5) is 0. The van der Waals surface area contributed by atoms with Crippen LogP contribution in [0.15, 0.2) is 24.3 Å². The monoisotopic (exact) mass is 201 g/mol. The lowest BCUT2D eigenvalue weighted by molar-refractivity contribution is 0.415. The van der Waals surface area contributed by atoms with E-state index in [1.165, 1.54) is 11.0 Å². The summed E-state index contributed by atoms with van der Waals surface area (Å²) in [7, 11) is 4.98. The Bertz CT molecular complexity index is 255. The number of hydrogen-bond acceptors (Lipinski definition) is 4. The predicted octanol–water partition coefficient (Wildman–Crippen LogP) is 2.62. The molecule has 0 atom stereocenters. The molecule has 12 heavy (non-hydrogen) atoms. The lowest BCUT2D eigenvalue weighted by Gasteiger charge is -2.14. The second-order valence-electron chi connectivity index (χ2n) is 2.28. The summed E-state index contributed by atoms with van der Waals surface area (Å²) in [5.74, 6) is 0.863. The molecule has 0 fully saturated rings. The number of methoxy groups -OCH3 is 1. The van der Waals surface area contributed by atoms with Gasteiger partial charge in [0.2, 0.25) is 0 Å². The second kappa shape index (κ2) is 4.52. The second-order valence-corrected chi connectivity index (χ2v) is 3.48. The summed E-state index contributed by atoms with van der Waals surface area (Å²) in [5, 5.41) is 0. The van der Waals surface area contributed by atoms with Crippen molar-refractivity contribution in [2.75, 3.05) is 18.5 Å². The molecule has 1 aromatic rings. The lowest BCUT2D eigenvalue weighted by Crippen LogP contribution is -2.02. The molecule has 0 unspecified atom stereocenters. The van der Waals surface area contributed by atoms with E-state index >= 15 is 0 Å². The van der Waals surface area contributed by atoms with Crippen molar-refractivity contribution in [1.82, 2.24) is 0 Å². The number of benzene rings is 1. The average molecular weight is 201 g/mol. The van der Waals surface area contributed by atoms with E-state index in [-0.39, 0.29) is 0 Å². The first-order valence-corrected chi connectivity index (χ1v) is 5.30. The largest absolute Gasteiger partial charge is 0.497 e. The molecule has 2 nitrogen and oxygen atoms in total. The Morgan fingerprint density at radius 3 is 2.83 bits per heavy atom. The predicted molar refractivity (Wildman–Crippen MR) is 58.0 cm³/mol. The molecular formula is C8H11NOS2. The molecule has 0 bridgehead atoms. The third kappa shape index (κ3) is 2.25. The lowest BCUT2D eigenvalue weighted by atomic mass is 10.3. The summed E-state index contributed by atoms with van der Waals surface area (Å²) in [5.41, 5.74) is 1.08. The molecule has 0 aliphatic heterocycles. The third-order valence-corrected chi connectivity index (χ3v) is 2.73. The van der Waals surface area contributed by atoms with Crippen LogP contribution in [0.1, 0.15) is 0 Å². The summed E-state index contributed by atoms with van der Waals surface area (Å²) in [6.07, 6.45) is 0. The van der Waals surface area contributed by atoms with Gasteiger partial charge >= 0.3 is 0 Å². The van der Waals surface area contributed by atoms with Crippen LogP contribution in [-0.2, 0) is 0 Å². The van der Waals surface area contributed by atoms with Gasteiger partial charge in [-0.2, -0.15) is 0 Å². The Morgan fingerprint density at radius 1 is 1.50 bits per heavy atom. The van der Waals surface area contributed by atoms with Crippen LogP contribution in [-0.4, -0.2) is 14.2 Å². The number of thiol groups is 1. The van der Waals surface area contributed by atoms with E-state index in [2.05, 4.69) is 11.7 Å². The maximum atomic E-state index is 5.09. The molecule has 4 heteroatoms. The van der Waals surface area contributed by atoms with Gasteiger partial charge in [-0.3, -0.25) is 0 Å². The number of anilines is 1. The normalized spacial score (nSPS) is 9.58. The molecule has 0 aliphatic rings. The number of ether oxygens (including phenoxy) is 1. The van der Waals surface area contributed by atoms with Crippen LogP contribution in [0.2, 0.25) is 0 Å². The van der Waals surface area contributed by atoms with Crippen molar-refractivity contribution in [1.29, 1.82) is 0 Å². The van der Waals surface area contributed by atoms with Crippen molar-refractivity contribution in [2.45, 2.75) is 0 Å². The highest BCUT2D eigenvalue weighted by molar-refractivity contribution is 8.69. The molecule has 0 saturated carbocycles. The molecule has 0 saturated heterocycles. The van der Waals surface area contributed by atoms with Gasteiger partial charge in [-0.05, 0) is 12.1 Å². The Labute approximate surface area is 81.8 Å². The Hall–Kier alpha value is -0.480. The summed E-state index contributed by atoms with van der Waals surface area (Å²) in [6, 6.07) is 7.84. The number of hydrogen-bond donors (Lipinski definition) is 1. The van der Waals surface area contributed by atoms with Gasteiger partial charge in [0.15, 0.2) is 0 Å². The van der Waals surface area contributed by atoms with E-state index in [0.29, 0.717) is 0 Å². The maximum Gasteiger partial charge on any atom is 0.120 e. The van der Waals surface area contributed by atoms with Crippen molar-refractivity contribution in [3.8, 4) is 5.75 Å². The van der Waals surface area contributed by atoms with Crippen molar-refractivity contribution in [2.24, 2.45) is 0 Å². The highest BCUT2D eigenvalue weighted by atomic mass is 33.1. The van der Waals surface area contributed by atoms with E-state index in [4.69, 9.17) is 4.74 Å². The molecule has 0 N–H and O–H groups in total. The van der Waals surface area contributed by atoms with Crippen LogP contribution < -0.4 is 9.04 Å². The zero-order chi connectivity index (χ0) is 8.97. The van der Waals surface area contributed by atoms with Crippen molar-refractivity contribution >= 4 is 28.3 Å². The fourth-order valence-corrected chi connectivity index (χ4v) is 1.34. The van der Waals surface area contributed by atoms with Crippen LogP contribution in [0.3, 0.4) is 0 Å². The molecular weight excluding hydrogens is 190 g/mol. The van der Waals surface area contributed by atoms with Crippen LogP contribution in [0.25, 0.3) is 0 Å². The highest BCUT2D eigenvalue weighted by Gasteiger charge is 1.99. The van der Waals surface area contributed by atoms with Crippen LogP contribution in [0, 0.1) is 0 Å². The Balaban J connectivity index is 2.86. The highest BCUT2D eigenvalue weighted by Crippen LogP contribution is 2.25. The standard InChI is InChI=1S/C8H11NOS2/c1-9(12-11)7-4-3-5-8(6-7)10-2/h3-6,11H,1-2H3. The molecule has 0 amide bonds. The molecule has 0 aromatic heterocycles. The van der Waals surface area contributed by atoms with E-state index in [1.54, 1.807) is 7.11 Å². The molecule has 0 radical (unpaired) electrons. The van der Waals surface area contributed by atoms with Crippen molar-refractivity contribution in [3.05, 3.63) is 24.3 Å². The fraction of sp³-hybridized carbons (Fsp3) is 0.250. The quantitative estimate of drug-likeness (QED) is 0.459. The zero-order valence-corrected chi connectivity index (χ0v) is 8.73. The molecule has 1 aromatic carbocycles. The van der Waals surface area contributed by atoms with Crippen LogP contribution >= 0.6 is 22.6 Å². The van der Waals surface area contributed by atoms with Gasteiger partial charge in [-0.1, -0.05) is 17.7 Å². The Morgan fingerprint density at radius 2 is 2.25 bits per heavy atom. The van der Waals surface area contributed by atoms with Crippen LogP contribution in [0.4, 0.5) is 5.69 Å². The topological polar surface area (TPSA) is 12.5 Å². The number of nitrogens with zero attached hydrogens (tertiary/aromatic N) is 1. The van der Waals surface area contributed by atoms with Gasteiger partial charge in [0.1, 0.15) is 5.75 Å². The zero-order valence-electron chi connectivity index (χ0n) is 7.02. The molecule has 66 valence electrons. The van der Waals surface area contributed by atoms with Gasteiger partial charge < -0.3 is 9.04 Å². The van der Waals surface area contributed by atoms with Gasteiger partial charge in [0.25, 0.3) is 0 Å². The SMILES string of the molecule is COc1cccc(N(C)SS)c1. The molecule has 0 aliphatic carbocycles. The van der Waals surface area contributed by atoms with Gasteiger partial charge in [-0.25, -0.2) is 0 Å². The fourth-order valence-electron chi connectivity index (χ4n) is 0.853. The first-order valence-electron chi connectivity index (χ1n) is 3.47. The molecule has 0 spiro atoms. The first kappa shape index (κ1) is 9.61. The van der Waals surface area contributed by atoms with Crippen molar-refractivity contribution in [3.63, 3.8) is 0 Å². The maximum absolute atomic E-state index is 5.09. The molecule has 1 rings (SSSR count). The molecule has 0 heterocycles. The van der Waals surface area contributed by atoms with E-state index in [9.17, 15) is 0 Å². The van der Waals surface area contributed by atoms with Gasteiger partial charge in [-0.15, -0.1) is 0 Å². The first-order chi connectivity index (χ1) is 5.77. The summed E-state index contributed by atoms with van der Waals surface area (Å²) < 4.78 is 7.04. The van der Waals surface area contributed by atoms with E-state index < -0.39 is 0 Å². The van der Waals surface area contributed by atoms with Crippen molar-refractivity contribution < 1.29 is 4.74 Å². The summed E-state index contributed by atoms with van der Waals surface area (Å²) >= 11 is 4.09. The minimum Gasteiger partial charge on any atom is -0.497 e. The summed E-state index contributed by atoms with van der Waals surface area (Å²) in [6.45, 7) is 0. The van der Waals surface area contributed by atoms with Gasteiger partial charge in [0.05, 0.1) is 12.8 Å². The smallest absolute Gasteiger partial charge is 0.120 e. The van der Waals surface area contributed by atoms with Gasteiger partial charge in [0, 0.05) is 24.1 Å². The minimum atomic E-state index is 0.863. The third-order valence-electron chi connectivity index (χ3n) is 1.54. The van der Waals surface area contributed by atoms with E-state index in [1.807, 2.05) is 35.6 Å². The minimum absolute atomic E-state index is 0.863. The Kier molecular flexibility index (Phi) is 3.62.